The molecule has 0 radical (unpaired) electrons. The van der Waals surface area contributed by atoms with Crippen molar-refractivity contribution in [2.24, 2.45) is 0 Å². The van der Waals surface area contributed by atoms with Crippen molar-refractivity contribution in [3.05, 3.63) is 72.6 Å². The van der Waals surface area contributed by atoms with Gasteiger partial charge in [0.25, 0.3) is 0 Å². The van der Waals surface area contributed by atoms with E-state index >= 15 is 0 Å². The van der Waals surface area contributed by atoms with Crippen LogP contribution >= 0.6 is 11.8 Å². The molecule has 6 heteroatoms. The zero-order valence-corrected chi connectivity index (χ0v) is 13.6. The van der Waals surface area contributed by atoms with Gasteiger partial charge in [0.1, 0.15) is 5.52 Å². The average molecular weight is 333 g/mol. The number of thioether (sulfide) groups is 1. The molecule has 4 aromatic rings. The summed E-state index contributed by atoms with van der Waals surface area (Å²) in [5, 5.41) is 4.04. The van der Waals surface area contributed by atoms with Crippen LogP contribution in [0.25, 0.3) is 11.2 Å². The molecular weight excluding hydrogens is 318 g/mol. The molecule has 4 rings (SSSR count). The SMILES string of the molecule is c1ccc(CSc2nc(Nc3ccccc3)c3[nH]cnc3n2)cc1. The molecule has 2 N–H and O–H groups in total. The van der Waals surface area contributed by atoms with Gasteiger partial charge >= 0.3 is 0 Å². The molecule has 0 fully saturated rings. The summed E-state index contributed by atoms with van der Waals surface area (Å²) >= 11 is 1.60. The maximum atomic E-state index is 4.65. The van der Waals surface area contributed by atoms with Crippen LogP contribution in [-0.4, -0.2) is 19.9 Å². The number of nitrogens with one attached hydrogen (secondary N) is 2. The van der Waals surface area contributed by atoms with Crippen LogP contribution in [-0.2, 0) is 5.75 Å². The first-order chi connectivity index (χ1) is 11.9. The molecule has 0 bridgehead atoms. The van der Waals surface area contributed by atoms with Crippen molar-refractivity contribution in [3.63, 3.8) is 0 Å². The number of aromatic amines is 1. The minimum atomic E-state index is 0.666. The summed E-state index contributed by atoms with van der Waals surface area (Å²) in [7, 11) is 0. The number of para-hydroxylation sites is 1. The van der Waals surface area contributed by atoms with E-state index in [0.29, 0.717) is 10.8 Å². The van der Waals surface area contributed by atoms with Gasteiger partial charge in [0.15, 0.2) is 16.6 Å². The standard InChI is InChI=1S/C18H15N5S/c1-3-7-13(8-4-1)11-24-18-22-16-15(19-12-20-16)17(23-18)21-14-9-5-2-6-10-14/h1-10,12H,11H2,(H2,19,20,21,22,23). The Bertz CT molecular complexity index is 937. The van der Waals surface area contributed by atoms with Crippen LogP contribution in [0.2, 0.25) is 0 Å². The zero-order chi connectivity index (χ0) is 16.2. The van der Waals surface area contributed by atoms with Gasteiger partial charge in [0, 0.05) is 11.4 Å². The largest absolute Gasteiger partial charge is 0.340 e. The number of benzene rings is 2. The number of anilines is 2. The van der Waals surface area contributed by atoms with Crippen LogP contribution in [0.4, 0.5) is 11.5 Å². The van der Waals surface area contributed by atoms with Crippen molar-refractivity contribution in [2.45, 2.75) is 10.9 Å². The second-order valence-corrected chi connectivity index (χ2v) is 6.16. The molecule has 118 valence electrons. The van der Waals surface area contributed by atoms with Gasteiger partial charge in [-0.3, -0.25) is 0 Å². The topological polar surface area (TPSA) is 66.5 Å². The lowest BCUT2D eigenvalue weighted by molar-refractivity contribution is 0.997. The number of rotatable bonds is 5. The number of fused-ring (bicyclic) bond motifs is 1. The smallest absolute Gasteiger partial charge is 0.192 e. The molecule has 0 atom stereocenters. The van der Waals surface area contributed by atoms with Crippen LogP contribution in [0.5, 0.6) is 0 Å². The molecule has 2 aromatic heterocycles. The number of nitrogens with zero attached hydrogens (tertiary/aromatic N) is 3. The number of imidazole rings is 1. The molecule has 2 heterocycles. The first-order valence-corrected chi connectivity index (χ1v) is 8.57. The summed E-state index contributed by atoms with van der Waals surface area (Å²) in [6, 6.07) is 20.2. The predicted molar refractivity (Wildman–Crippen MR) is 97.4 cm³/mol. The van der Waals surface area contributed by atoms with Gasteiger partial charge in [0.2, 0.25) is 0 Å². The summed E-state index contributed by atoms with van der Waals surface area (Å²) in [5.41, 5.74) is 3.69. The normalized spacial score (nSPS) is 10.8. The van der Waals surface area contributed by atoms with Crippen molar-refractivity contribution in [2.75, 3.05) is 5.32 Å². The fourth-order valence-electron chi connectivity index (χ4n) is 2.35. The van der Waals surface area contributed by atoms with E-state index in [-0.39, 0.29) is 0 Å². The van der Waals surface area contributed by atoms with Gasteiger partial charge in [-0.1, -0.05) is 60.3 Å². The van der Waals surface area contributed by atoms with E-state index in [1.807, 2.05) is 48.5 Å². The summed E-state index contributed by atoms with van der Waals surface area (Å²) in [6.45, 7) is 0. The quantitative estimate of drug-likeness (QED) is 0.419. The van der Waals surface area contributed by atoms with E-state index in [1.165, 1.54) is 5.56 Å². The predicted octanol–water partition coefficient (Wildman–Crippen LogP) is 4.39. The van der Waals surface area contributed by atoms with Gasteiger partial charge in [-0.25, -0.2) is 15.0 Å². The maximum Gasteiger partial charge on any atom is 0.192 e. The van der Waals surface area contributed by atoms with Crippen LogP contribution in [0.15, 0.2) is 72.1 Å². The second-order valence-electron chi connectivity index (χ2n) is 5.22. The molecule has 0 aliphatic heterocycles. The van der Waals surface area contributed by atoms with Gasteiger partial charge in [-0.05, 0) is 17.7 Å². The molecule has 0 saturated heterocycles. The van der Waals surface area contributed by atoms with Crippen LogP contribution < -0.4 is 5.32 Å². The third-order valence-electron chi connectivity index (χ3n) is 3.51. The number of aromatic nitrogens is 4. The van der Waals surface area contributed by atoms with Crippen molar-refractivity contribution >= 4 is 34.4 Å². The van der Waals surface area contributed by atoms with Crippen molar-refractivity contribution in [1.82, 2.24) is 19.9 Å². The average Bonchev–Trinajstić information content (AvgIpc) is 3.11. The Labute approximate surface area is 143 Å². The molecule has 0 spiro atoms. The third kappa shape index (κ3) is 3.23. The van der Waals surface area contributed by atoms with E-state index in [0.717, 1.165) is 22.8 Å². The Morgan fingerprint density at radius 2 is 1.67 bits per heavy atom. The van der Waals surface area contributed by atoms with E-state index in [2.05, 4.69) is 37.4 Å². The first kappa shape index (κ1) is 14.7. The van der Waals surface area contributed by atoms with E-state index in [4.69, 9.17) is 0 Å². The van der Waals surface area contributed by atoms with Crippen molar-refractivity contribution in [3.8, 4) is 0 Å². The highest BCUT2D eigenvalue weighted by Crippen LogP contribution is 2.26. The third-order valence-corrected chi connectivity index (χ3v) is 4.43. The number of hydrogen-bond donors (Lipinski definition) is 2. The van der Waals surface area contributed by atoms with Crippen LogP contribution in [0, 0.1) is 0 Å². The molecule has 0 aliphatic rings. The lowest BCUT2D eigenvalue weighted by Gasteiger charge is -2.08. The van der Waals surface area contributed by atoms with Crippen LogP contribution in [0.1, 0.15) is 5.56 Å². The van der Waals surface area contributed by atoms with Crippen LogP contribution in [0.3, 0.4) is 0 Å². The molecule has 0 amide bonds. The molecule has 2 aromatic carbocycles. The molecular formula is C18H15N5S. The molecule has 24 heavy (non-hydrogen) atoms. The lowest BCUT2D eigenvalue weighted by Crippen LogP contribution is -1.98. The highest BCUT2D eigenvalue weighted by atomic mass is 32.2. The van der Waals surface area contributed by atoms with E-state index < -0.39 is 0 Å². The van der Waals surface area contributed by atoms with Gasteiger partial charge in [0.05, 0.1) is 6.33 Å². The number of hydrogen-bond acceptors (Lipinski definition) is 5. The summed E-state index contributed by atoms with van der Waals surface area (Å²) in [6.07, 6.45) is 1.64. The fourth-order valence-corrected chi connectivity index (χ4v) is 3.14. The van der Waals surface area contributed by atoms with E-state index in [1.54, 1.807) is 18.1 Å². The Balaban J connectivity index is 1.62. The molecule has 5 nitrogen and oxygen atoms in total. The van der Waals surface area contributed by atoms with Gasteiger partial charge in [-0.2, -0.15) is 0 Å². The monoisotopic (exact) mass is 333 g/mol. The maximum absolute atomic E-state index is 4.65. The van der Waals surface area contributed by atoms with Crippen molar-refractivity contribution in [1.29, 1.82) is 0 Å². The Morgan fingerprint density at radius 3 is 2.46 bits per heavy atom. The minimum Gasteiger partial charge on any atom is -0.340 e. The Morgan fingerprint density at radius 1 is 0.917 bits per heavy atom. The highest BCUT2D eigenvalue weighted by molar-refractivity contribution is 7.98. The van der Waals surface area contributed by atoms with Gasteiger partial charge < -0.3 is 10.3 Å². The van der Waals surface area contributed by atoms with E-state index in [9.17, 15) is 0 Å². The minimum absolute atomic E-state index is 0.666. The summed E-state index contributed by atoms with van der Waals surface area (Å²) in [5.74, 6) is 1.56. The molecule has 0 saturated carbocycles. The fraction of sp³-hybridized carbons (Fsp3) is 0.0556. The summed E-state index contributed by atoms with van der Waals surface area (Å²) in [4.78, 5) is 16.6. The first-order valence-electron chi connectivity index (χ1n) is 7.58. The van der Waals surface area contributed by atoms with Gasteiger partial charge in [-0.15, -0.1) is 0 Å². The lowest BCUT2D eigenvalue weighted by atomic mass is 10.2. The Kier molecular flexibility index (Phi) is 4.12. The van der Waals surface area contributed by atoms with Crippen molar-refractivity contribution < 1.29 is 0 Å². The number of H-pyrrole nitrogens is 1. The summed E-state index contributed by atoms with van der Waals surface area (Å²) < 4.78 is 0. The molecule has 0 aliphatic carbocycles. The zero-order valence-electron chi connectivity index (χ0n) is 12.8. The molecule has 0 unspecified atom stereocenters. The highest BCUT2D eigenvalue weighted by Gasteiger charge is 2.11. The second kappa shape index (κ2) is 6.72. The Hall–Kier alpha value is -2.86.